The van der Waals surface area contributed by atoms with Gasteiger partial charge in [-0.2, -0.15) is 0 Å². The number of carbonyl (C=O) groups excluding carboxylic acids is 1. The van der Waals surface area contributed by atoms with E-state index in [-0.39, 0.29) is 11.7 Å². The molecular weight excluding hydrogens is 332 g/mol. The van der Waals surface area contributed by atoms with Crippen LogP contribution >= 0.6 is 0 Å². The van der Waals surface area contributed by atoms with Crippen LogP contribution < -0.4 is 4.90 Å². The molecule has 0 bridgehead atoms. The highest BCUT2D eigenvalue weighted by Crippen LogP contribution is 2.25. The van der Waals surface area contributed by atoms with Crippen LogP contribution in [-0.4, -0.2) is 71.1 Å². The molecule has 0 saturated carbocycles. The van der Waals surface area contributed by atoms with Crippen molar-refractivity contribution < 1.29 is 9.32 Å². The highest BCUT2D eigenvalue weighted by atomic mass is 16.5. The zero-order chi connectivity index (χ0) is 18.8. The Kier molecular flexibility index (Phi) is 5.22. The lowest BCUT2D eigenvalue weighted by Gasteiger charge is -2.23. The number of hydrogen-bond acceptors (Lipinski definition) is 7. The van der Waals surface area contributed by atoms with E-state index in [0.29, 0.717) is 18.3 Å². The second kappa shape index (κ2) is 7.41. The van der Waals surface area contributed by atoms with Gasteiger partial charge >= 0.3 is 0 Å². The third-order valence-electron chi connectivity index (χ3n) is 4.99. The third kappa shape index (κ3) is 3.70. The van der Waals surface area contributed by atoms with E-state index in [9.17, 15) is 4.79 Å². The van der Waals surface area contributed by atoms with Gasteiger partial charge in [-0.3, -0.25) is 4.79 Å². The molecule has 0 spiro atoms. The van der Waals surface area contributed by atoms with Gasteiger partial charge in [0.1, 0.15) is 17.8 Å². The van der Waals surface area contributed by atoms with E-state index < -0.39 is 0 Å². The van der Waals surface area contributed by atoms with Gasteiger partial charge in [0.05, 0.1) is 6.54 Å². The van der Waals surface area contributed by atoms with Crippen LogP contribution in [0.2, 0.25) is 0 Å². The molecule has 26 heavy (non-hydrogen) atoms. The minimum Gasteiger partial charge on any atom is -0.364 e. The number of rotatable bonds is 5. The average Bonchev–Trinajstić information content (AvgIpc) is 3.28. The predicted molar refractivity (Wildman–Crippen MR) is 98.1 cm³/mol. The van der Waals surface area contributed by atoms with Crippen LogP contribution in [0.25, 0.3) is 0 Å². The number of amides is 1. The molecule has 8 nitrogen and oxygen atoms in total. The van der Waals surface area contributed by atoms with Gasteiger partial charge < -0.3 is 19.2 Å². The number of nitrogens with zero attached hydrogens (tertiary/aromatic N) is 6. The number of hydrogen-bond donors (Lipinski definition) is 0. The van der Waals surface area contributed by atoms with E-state index in [1.807, 2.05) is 13.8 Å². The summed E-state index contributed by atoms with van der Waals surface area (Å²) in [6.45, 7) is 6.14. The largest absolute Gasteiger partial charge is 0.364 e. The molecule has 0 aliphatic carbocycles. The first-order chi connectivity index (χ1) is 12.4. The summed E-state index contributed by atoms with van der Waals surface area (Å²) < 4.78 is 4.82. The molecule has 1 fully saturated rings. The average molecular weight is 358 g/mol. The smallest absolute Gasteiger partial charge is 0.291 e. The van der Waals surface area contributed by atoms with Crippen LogP contribution in [0.3, 0.4) is 0 Å². The quantitative estimate of drug-likeness (QED) is 0.801. The van der Waals surface area contributed by atoms with E-state index in [1.54, 1.807) is 18.0 Å². The van der Waals surface area contributed by atoms with Gasteiger partial charge in [0.2, 0.25) is 5.82 Å². The first-order valence-electron chi connectivity index (χ1n) is 8.78. The topological polar surface area (TPSA) is 78.6 Å². The Morgan fingerprint density at radius 3 is 2.69 bits per heavy atom. The van der Waals surface area contributed by atoms with Crippen molar-refractivity contribution in [2.24, 2.45) is 0 Å². The Labute approximate surface area is 153 Å². The van der Waals surface area contributed by atoms with E-state index in [2.05, 4.69) is 39.0 Å². The van der Waals surface area contributed by atoms with Gasteiger partial charge in [0.25, 0.3) is 5.91 Å². The summed E-state index contributed by atoms with van der Waals surface area (Å²) in [5.41, 5.74) is 2.56. The fraction of sp³-hybridized carbons (Fsp3) is 0.556. The molecule has 3 rings (SSSR count). The third-order valence-corrected chi connectivity index (χ3v) is 4.99. The molecule has 3 heterocycles. The van der Waals surface area contributed by atoms with Crippen molar-refractivity contribution in [2.45, 2.75) is 32.9 Å². The van der Waals surface area contributed by atoms with Gasteiger partial charge in [-0.05, 0) is 34.4 Å². The monoisotopic (exact) mass is 358 g/mol. The molecule has 2 aromatic rings. The summed E-state index contributed by atoms with van der Waals surface area (Å²) in [6, 6.07) is 2.24. The van der Waals surface area contributed by atoms with Crippen LogP contribution in [-0.2, 0) is 6.54 Å². The molecule has 1 saturated heterocycles. The Hall–Kier alpha value is -2.48. The predicted octanol–water partition coefficient (Wildman–Crippen LogP) is 1.49. The van der Waals surface area contributed by atoms with Crippen LogP contribution in [0.1, 0.15) is 34.0 Å². The highest BCUT2D eigenvalue weighted by Gasteiger charge is 2.28. The second-order valence-electron chi connectivity index (χ2n) is 7.09. The van der Waals surface area contributed by atoms with Gasteiger partial charge in [0, 0.05) is 43.5 Å². The van der Waals surface area contributed by atoms with Gasteiger partial charge in [0.15, 0.2) is 0 Å². The number of anilines is 1. The van der Waals surface area contributed by atoms with Crippen molar-refractivity contribution in [3.8, 4) is 0 Å². The number of carbonyl (C=O) groups is 1. The summed E-state index contributed by atoms with van der Waals surface area (Å²) in [4.78, 5) is 27.9. The van der Waals surface area contributed by atoms with Crippen LogP contribution in [0.5, 0.6) is 0 Å². The Balaban J connectivity index is 1.82. The molecule has 8 heteroatoms. The lowest BCUT2D eigenvalue weighted by atomic mass is 10.2. The van der Waals surface area contributed by atoms with Crippen molar-refractivity contribution in [1.82, 2.24) is 24.9 Å². The summed E-state index contributed by atoms with van der Waals surface area (Å²) in [5, 5.41) is 3.85. The molecule has 1 aliphatic rings. The molecule has 1 amide bonds. The first-order valence-corrected chi connectivity index (χ1v) is 8.78. The first kappa shape index (κ1) is 18.3. The van der Waals surface area contributed by atoms with E-state index in [4.69, 9.17) is 4.52 Å². The lowest BCUT2D eigenvalue weighted by Crippen LogP contribution is -2.33. The lowest BCUT2D eigenvalue weighted by molar-refractivity contribution is 0.0769. The van der Waals surface area contributed by atoms with E-state index in [1.165, 1.54) is 6.26 Å². The fourth-order valence-corrected chi connectivity index (χ4v) is 3.18. The molecule has 0 radical (unpaired) electrons. The molecular formula is C18H26N6O2. The Morgan fingerprint density at radius 1 is 1.31 bits per heavy atom. The second-order valence-corrected chi connectivity index (χ2v) is 7.09. The molecule has 1 atom stereocenters. The van der Waals surface area contributed by atoms with E-state index in [0.717, 1.165) is 36.6 Å². The molecule has 0 aromatic carbocycles. The van der Waals surface area contributed by atoms with Crippen molar-refractivity contribution in [1.29, 1.82) is 0 Å². The van der Waals surface area contributed by atoms with Crippen molar-refractivity contribution >= 4 is 11.7 Å². The van der Waals surface area contributed by atoms with Gasteiger partial charge in [-0.25, -0.2) is 9.97 Å². The Morgan fingerprint density at radius 2 is 2.08 bits per heavy atom. The van der Waals surface area contributed by atoms with Crippen LogP contribution in [0, 0.1) is 13.8 Å². The minimum atomic E-state index is -0.222. The maximum absolute atomic E-state index is 12.8. The zero-order valence-corrected chi connectivity index (χ0v) is 16.1. The van der Waals surface area contributed by atoms with Crippen molar-refractivity contribution in [3.63, 3.8) is 0 Å². The SMILES string of the molecule is Cc1nc(C(=O)N(C)Cc2ccon2)nc(N2CC[C@@H](N(C)C)C2)c1C. The Bertz CT molecular complexity index is 774. The van der Waals surface area contributed by atoms with Gasteiger partial charge in [-0.15, -0.1) is 0 Å². The molecule has 2 aromatic heterocycles. The molecule has 0 unspecified atom stereocenters. The summed E-state index contributed by atoms with van der Waals surface area (Å²) in [7, 11) is 5.91. The molecule has 0 N–H and O–H groups in total. The van der Waals surface area contributed by atoms with Crippen LogP contribution in [0.15, 0.2) is 16.9 Å². The molecule has 1 aliphatic heterocycles. The van der Waals surface area contributed by atoms with Gasteiger partial charge in [-0.1, -0.05) is 5.16 Å². The summed E-state index contributed by atoms with van der Waals surface area (Å²) in [6.07, 6.45) is 2.58. The maximum atomic E-state index is 12.8. The summed E-state index contributed by atoms with van der Waals surface area (Å²) >= 11 is 0. The van der Waals surface area contributed by atoms with Crippen molar-refractivity contribution in [3.05, 3.63) is 35.1 Å². The summed E-state index contributed by atoms with van der Waals surface area (Å²) in [5.74, 6) is 0.864. The minimum absolute atomic E-state index is 0.222. The number of aromatic nitrogens is 3. The van der Waals surface area contributed by atoms with Crippen molar-refractivity contribution in [2.75, 3.05) is 39.1 Å². The maximum Gasteiger partial charge on any atom is 0.291 e. The fourth-order valence-electron chi connectivity index (χ4n) is 3.18. The normalized spacial score (nSPS) is 17.2. The number of likely N-dealkylation sites (N-methyl/N-ethyl adjacent to an activating group) is 1. The molecule has 140 valence electrons. The highest BCUT2D eigenvalue weighted by molar-refractivity contribution is 5.90. The number of aryl methyl sites for hydroxylation is 1. The van der Waals surface area contributed by atoms with E-state index >= 15 is 0 Å². The van der Waals surface area contributed by atoms with Crippen LogP contribution in [0.4, 0.5) is 5.82 Å². The standard InChI is InChI=1S/C18H26N6O2/c1-12-13(2)19-16(18(25)23(5)10-14-7-9-26-21-14)20-17(12)24-8-6-15(11-24)22(3)4/h7,9,15H,6,8,10-11H2,1-5H3/t15-/m1/s1. The zero-order valence-electron chi connectivity index (χ0n) is 16.1.